The fourth-order valence-corrected chi connectivity index (χ4v) is 1.83. The third-order valence-electron chi connectivity index (χ3n) is 2.76. The monoisotopic (exact) mass is 267 g/mol. The molecule has 0 aliphatic carbocycles. The number of amides is 1. The van der Waals surface area contributed by atoms with Crippen LogP contribution in [-0.2, 0) is 23.0 Å². The van der Waals surface area contributed by atoms with Crippen LogP contribution in [0.5, 0.6) is 0 Å². The van der Waals surface area contributed by atoms with Gasteiger partial charge in [0.05, 0.1) is 17.9 Å². The van der Waals surface area contributed by atoms with Gasteiger partial charge in [-0.05, 0) is 20.3 Å². The third-order valence-corrected chi connectivity index (χ3v) is 2.76. The lowest BCUT2D eigenvalue weighted by atomic mass is 10.2. The van der Waals surface area contributed by atoms with Crippen molar-refractivity contribution < 1.29 is 14.3 Å². The van der Waals surface area contributed by atoms with E-state index in [1.165, 1.54) is 4.90 Å². The number of likely N-dealkylation sites (N-methyl/N-ethyl adjacent to an activating group) is 1. The Kier molecular flexibility index (Phi) is 5.54. The topological polar surface area (TPSA) is 64.4 Å². The zero-order valence-electron chi connectivity index (χ0n) is 12.0. The van der Waals surface area contributed by atoms with Crippen molar-refractivity contribution in [3.8, 4) is 0 Å². The Balaban J connectivity index is 2.85. The number of aromatic nitrogens is 2. The zero-order valence-corrected chi connectivity index (χ0v) is 12.0. The van der Waals surface area contributed by atoms with Gasteiger partial charge in [-0.15, -0.1) is 0 Å². The molecule has 1 rings (SSSR count). The number of hydrogen-bond acceptors (Lipinski definition) is 4. The molecule has 0 bridgehead atoms. The molecule has 1 aromatic heterocycles. The van der Waals surface area contributed by atoms with E-state index in [1.807, 2.05) is 13.8 Å². The quantitative estimate of drug-likeness (QED) is 0.721. The summed E-state index contributed by atoms with van der Waals surface area (Å²) in [6.45, 7) is 6.26. The average molecular weight is 267 g/mol. The highest BCUT2D eigenvalue weighted by Crippen LogP contribution is 2.11. The standard InChI is InChI=1S/C13H21N3O3/c1-5-11-10(8-15(4)14-11)13(18)16(6-2)9-12(17)19-7-3/h8H,5-7,9H2,1-4H3. The van der Waals surface area contributed by atoms with E-state index in [9.17, 15) is 9.59 Å². The van der Waals surface area contributed by atoms with Gasteiger partial charge < -0.3 is 9.64 Å². The van der Waals surface area contributed by atoms with E-state index in [0.29, 0.717) is 25.1 Å². The Hall–Kier alpha value is -1.85. The Morgan fingerprint density at radius 3 is 2.58 bits per heavy atom. The summed E-state index contributed by atoms with van der Waals surface area (Å²) in [6.07, 6.45) is 2.37. The summed E-state index contributed by atoms with van der Waals surface area (Å²) in [5.74, 6) is -0.569. The van der Waals surface area contributed by atoms with Crippen molar-refractivity contribution in [1.29, 1.82) is 0 Å². The average Bonchev–Trinajstić information content (AvgIpc) is 2.76. The minimum absolute atomic E-state index is 0.0266. The van der Waals surface area contributed by atoms with Crippen molar-refractivity contribution in [1.82, 2.24) is 14.7 Å². The van der Waals surface area contributed by atoms with E-state index in [-0.39, 0.29) is 18.4 Å². The van der Waals surface area contributed by atoms with Crippen LogP contribution in [0.1, 0.15) is 36.8 Å². The van der Waals surface area contributed by atoms with Crippen LogP contribution in [0, 0.1) is 0 Å². The molecule has 0 N–H and O–H groups in total. The molecule has 106 valence electrons. The second-order valence-corrected chi connectivity index (χ2v) is 4.14. The molecule has 0 aromatic carbocycles. The lowest BCUT2D eigenvalue weighted by molar-refractivity contribution is -0.143. The van der Waals surface area contributed by atoms with Crippen molar-refractivity contribution in [3.05, 3.63) is 17.5 Å². The number of rotatable bonds is 6. The Morgan fingerprint density at radius 2 is 2.05 bits per heavy atom. The number of aryl methyl sites for hydroxylation is 2. The molecule has 0 radical (unpaired) electrons. The summed E-state index contributed by atoms with van der Waals surface area (Å²) in [7, 11) is 1.78. The highest BCUT2D eigenvalue weighted by atomic mass is 16.5. The molecule has 0 saturated heterocycles. The highest BCUT2D eigenvalue weighted by Gasteiger charge is 2.22. The predicted molar refractivity (Wildman–Crippen MR) is 70.8 cm³/mol. The normalized spacial score (nSPS) is 10.3. The Morgan fingerprint density at radius 1 is 1.37 bits per heavy atom. The first-order chi connectivity index (χ1) is 9.03. The highest BCUT2D eigenvalue weighted by molar-refractivity contribution is 5.96. The smallest absolute Gasteiger partial charge is 0.325 e. The summed E-state index contributed by atoms with van der Waals surface area (Å²) < 4.78 is 6.48. The second kappa shape index (κ2) is 6.92. The zero-order chi connectivity index (χ0) is 14.4. The minimum Gasteiger partial charge on any atom is -0.465 e. The number of carbonyl (C=O) groups is 2. The van der Waals surface area contributed by atoms with E-state index >= 15 is 0 Å². The molecule has 1 heterocycles. The molecule has 0 aliphatic heterocycles. The lowest BCUT2D eigenvalue weighted by Crippen LogP contribution is -2.36. The maximum atomic E-state index is 12.4. The molecular formula is C13H21N3O3. The van der Waals surface area contributed by atoms with Gasteiger partial charge in [0.15, 0.2) is 0 Å². The SMILES string of the molecule is CCOC(=O)CN(CC)C(=O)c1cn(C)nc1CC. The summed E-state index contributed by atoms with van der Waals surface area (Å²) >= 11 is 0. The molecule has 0 atom stereocenters. The fraction of sp³-hybridized carbons (Fsp3) is 0.615. The molecule has 0 unspecified atom stereocenters. The van der Waals surface area contributed by atoms with Crippen molar-refractivity contribution in [3.63, 3.8) is 0 Å². The number of esters is 1. The maximum Gasteiger partial charge on any atom is 0.325 e. The van der Waals surface area contributed by atoms with Gasteiger partial charge in [-0.2, -0.15) is 5.10 Å². The van der Waals surface area contributed by atoms with Crippen LogP contribution >= 0.6 is 0 Å². The van der Waals surface area contributed by atoms with Crippen LogP contribution in [0.25, 0.3) is 0 Å². The summed E-state index contributed by atoms with van der Waals surface area (Å²) in [5.41, 5.74) is 1.30. The van der Waals surface area contributed by atoms with Crippen molar-refractivity contribution in [2.24, 2.45) is 7.05 Å². The van der Waals surface area contributed by atoms with Gasteiger partial charge in [0.25, 0.3) is 5.91 Å². The second-order valence-electron chi connectivity index (χ2n) is 4.14. The van der Waals surface area contributed by atoms with E-state index in [4.69, 9.17) is 4.74 Å². The fourth-order valence-electron chi connectivity index (χ4n) is 1.83. The first-order valence-electron chi connectivity index (χ1n) is 6.50. The van der Waals surface area contributed by atoms with E-state index in [2.05, 4.69) is 5.10 Å². The number of carbonyl (C=O) groups excluding carboxylic acids is 2. The number of hydrogen-bond donors (Lipinski definition) is 0. The van der Waals surface area contributed by atoms with Gasteiger partial charge in [-0.1, -0.05) is 6.92 Å². The summed E-state index contributed by atoms with van der Waals surface area (Å²) in [5, 5.41) is 4.24. The largest absolute Gasteiger partial charge is 0.465 e. The van der Waals surface area contributed by atoms with Gasteiger partial charge in [-0.25, -0.2) is 0 Å². The van der Waals surface area contributed by atoms with Crippen LogP contribution in [0.15, 0.2) is 6.20 Å². The molecule has 6 nitrogen and oxygen atoms in total. The third kappa shape index (κ3) is 3.81. The van der Waals surface area contributed by atoms with Gasteiger partial charge in [0, 0.05) is 19.8 Å². The van der Waals surface area contributed by atoms with Gasteiger partial charge in [0.1, 0.15) is 6.54 Å². The number of nitrogens with zero attached hydrogens (tertiary/aromatic N) is 3. The van der Waals surface area contributed by atoms with Crippen LogP contribution in [0.2, 0.25) is 0 Å². The van der Waals surface area contributed by atoms with Gasteiger partial charge >= 0.3 is 5.97 Å². The Bertz CT molecular complexity index is 454. The first kappa shape index (κ1) is 15.2. The van der Waals surface area contributed by atoms with Crippen molar-refractivity contribution >= 4 is 11.9 Å². The predicted octanol–water partition coefficient (Wildman–Crippen LogP) is 1.01. The van der Waals surface area contributed by atoms with E-state index < -0.39 is 0 Å². The molecule has 0 aliphatic rings. The summed E-state index contributed by atoms with van der Waals surface area (Å²) in [6, 6.07) is 0. The molecule has 0 fully saturated rings. The molecule has 0 saturated carbocycles. The van der Waals surface area contributed by atoms with Crippen LogP contribution in [-0.4, -0.2) is 46.3 Å². The number of ether oxygens (including phenoxy) is 1. The molecule has 1 amide bonds. The van der Waals surface area contributed by atoms with Crippen molar-refractivity contribution in [2.75, 3.05) is 19.7 Å². The van der Waals surface area contributed by atoms with Crippen LogP contribution in [0.4, 0.5) is 0 Å². The molecule has 6 heteroatoms. The molecular weight excluding hydrogens is 246 g/mol. The minimum atomic E-state index is -0.389. The van der Waals surface area contributed by atoms with Crippen LogP contribution in [0.3, 0.4) is 0 Å². The maximum absolute atomic E-state index is 12.4. The van der Waals surface area contributed by atoms with Crippen LogP contribution < -0.4 is 0 Å². The summed E-state index contributed by atoms with van der Waals surface area (Å²) in [4.78, 5) is 25.3. The van der Waals surface area contributed by atoms with Gasteiger partial charge in [-0.3, -0.25) is 14.3 Å². The first-order valence-corrected chi connectivity index (χ1v) is 6.50. The van der Waals surface area contributed by atoms with E-state index in [0.717, 1.165) is 5.69 Å². The molecule has 1 aromatic rings. The molecule has 0 spiro atoms. The molecule has 19 heavy (non-hydrogen) atoms. The van der Waals surface area contributed by atoms with Gasteiger partial charge in [0.2, 0.25) is 0 Å². The Labute approximate surface area is 113 Å². The van der Waals surface area contributed by atoms with Crippen molar-refractivity contribution in [2.45, 2.75) is 27.2 Å². The van der Waals surface area contributed by atoms with E-state index in [1.54, 1.807) is 24.9 Å². The lowest BCUT2D eigenvalue weighted by Gasteiger charge is -2.19.